The van der Waals surface area contributed by atoms with Crippen LogP contribution in [-0.2, 0) is 16.5 Å². The Bertz CT molecular complexity index is 1010. The minimum atomic E-state index is -5.68. The Balaban J connectivity index is 1.90. The van der Waals surface area contributed by atoms with Gasteiger partial charge in [0.1, 0.15) is 5.75 Å². The lowest BCUT2D eigenvalue weighted by Crippen LogP contribution is -2.28. The minimum Gasteiger partial charge on any atom is -0.376 e. The third-order valence-electron chi connectivity index (χ3n) is 3.66. The average Bonchev–Trinajstić information content (AvgIpc) is 2.54. The van der Waals surface area contributed by atoms with Crippen molar-refractivity contribution in [2.45, 2.75) is 11.9 Å². The van der Waals surface area contributed by atoms with Crippen LogP contribution in [0.25, 0.3) is 10.8 Å². The van der Waals surface area contributed by atoms with Crippen LogP contribution in [0.2, 0.25) is 0 Å². The second-order valence-corrected chi connectivity index (χ2v) is 6.98. The molecule has 0 saturated heterocycles. The molecule has 0 aromatic heterocycles. The summed E-state index contributed by atoms with van der Waals surface area (Å²) in [6.07, 6.45) is 0.435. The Morgan fingerprint density at radius 1 is 0.880 bits per heavy atom. The van der Waals surface area contributed by atoms with Crippen LogP contribution < -0.4 is 4.18 Å². The van der Waals surface area contributed by atoms with Crippen molar-refractivity contribution in [2.75, 3.05) is 0 Å². The average molecular weight is 366 g/mol. The van der Waals surface area contributed by atoms with Crippen molar-refractivity contribution in [1.29, 1.82) is 0 Å². The fourth-order valence-electron chi connectivity index (χ4n) is 2.55. The van der Waals surface area contributed by atoms with Crippen LogP contribution in [0.4, 0.5) is 13.2 Å². The van der Waals surface area contributed by atoms with Gasteiger partial charge in [0.05, 0.1) is 0 Å². The maximum Gasteiger partial charge on any atom is 0.534 e. The summed E-state index contributed by atoms with van der Waals surface area (Å²) in [6, 6.07) is 19.2. The van der Waals surface area contributed by atoms with Gasteiger partial charge in [-0.05, 0) is 40.5 Å². The maximum atomic E-state index is 12.4. The predicted molar refractivity (Wildman–Crippen MR) is 88.8 cm³/mol. The summed E-state index contributed by atoms with van der Waals surface area (Å²) in [5, 5.41) is 2.08. The molecule has 3 nitrogen and oxygen atoms in total. The molecule has 0 heterocycles. The van der Waals surface area contributed by atoms with E-state index in [1.165, 1.54) is 18.2 Å². The van der Waals surface area contributed by atoms with Crippen molar-refractivity contribution in [3.63, 3.8) is 0 Å². The fourth-order valence-corrected chi connectivity index (χ4v) is 3.00. The van der Waals surface area contributed by atoms with Crippen molar-refractivity contribution >= 4 is 20.9 Å². The van der Waals surface area contributed by atoms with E-state index in [4.69, 9.17) is 0 Å². The number of hydrogen-bond acceptors (Lipinski definition) is 3. The lowest BCUT2D eigenvalue weighted by molar-refractivity contribution is -0.0500. The summed E-state index contributed by atoms with van der Waals surface area (Å²) >= 11 is 0. The number of halogens is 3. The molecular formula is C18H13F3O3S. The molecule has 0 amide bonds. The normalized spacial score (nSPS) is 12.3. The maximum absolute atomic E-state index is 12.4. The standard InChI is InChI=1S/C18H13F3O3S/c19-18(20,21)25(22,23)24-16-9-3-5-13(12-16)11-15-8-4-7-14-6-1-2-10-17(14)15/h1-10,12H,11H2. The fraction of sp³-hybridized carbons (Fsp3) is 0.111. The number of benzene rings is 3. The third-order valence-corrected chi connectivity index (χ3v) is 4.64. The molecule has 0 unspecified atom stereocenters. The van der Waals surface area contributed by atoms with Crippen molar-refractivity contribution < 1.29 is 25.8 Å². The third kappa shape index (κ3) is 3.76. The first-order valence-electron chi connectivity index (χ1n) is 7.33. The molecule has 0 aliphatic rings. The molecular weight excluding hydrogens is 353 g/mol. The number of fused-ring (bicyclic) bond motifs is 1. The van der Waals surface area contributed by atoms with Gasteiger partial charge >= 0.3 is 15.6 Å². The monoisotopic (exact) mass is 366 g/mol. The molecule has 0 N–H and O–H groups in total. The highest BCUT2D eigenvalue weighted by Crippen LogP contribution is 2.28. The Morgan fingerprint density at radius 3 is 2.32 bits per heavy atom. The zero-order chi connectivity index (χ0) is 18.1. The molecule has 3 aromatic carbocycles. The first-order valence-corrected chi connectivity index (χ1v) is 8.73. The van der Waals surface area contributed by atoms with Gasteiger partial charge in [-0.3, -0.25) is 0 Å². The Labute approximate surface area is 142 Å². The van der Waals surface area contributed by atoms with E-state index in [0.717, 1.165) is 16.3 Å². The molecule has 0 radical (unpaired) electrons. The van der Waals surface area contributed by atoms with E-state index >= 15 is 0 Å². The van der Waals surface area contributed by atoms with Crippen LogP contribution in [0.3, 0.4) is 0 Å². The van der Waals surface area contributed by atoms with E-state index in [1.807, 2.05) is 42.5 Å². The molecule has 0 bridgehead atoms. The quantitative estimate of drug-likeness (QED) is 0.498. The highest BCUT2D eigenvalue weighted by atomic mass is 32.2. The second-order valence-electron chi connectivity index (χ2n) is 5.45. The molecule has 0 spiro atoms. The summed E-state index contributed by atoms with van der Waals surface area (Å²) in [6.45, 7) is 0. The van der Waals surface area contributed by atoms with E-state index in [0.29, 0.717) is 12.0 Å². The molecule has 0 saturated carbocycles. The lowest BCUT2D eigenvalue weighted by Gasteiger charge is -2.11. The smallest absolute Gasteiger partial charge is 0.376 e. The molecule has 0 aliphatic carbocycles. The Hall–Kier alpha value is -2.54. The van der Waals surface area contributed by atoms with Gasteiger partial charge in [-0.15, -0.1) is 0 Å². The molecule has 25 heavy (non-hydrogen) atoms. The Morgan fingerprint density at radius 2 is 1.56 bits per heavy atom. The van der Waals surface area contributed by atoms with E-state index < -0.39 is 15.6 Å². The SMILES string of the molecule is O=S(=O)(Oc1cccc(Cc2cccc3ccccc23)c1)C(F)(F)F. The number of hydrogen-bond donors (Lipinski definition) is 0. The second kappa shape index (κ2) is 6.40. The molecule has 7 heteroatoms. The topological polar surface area (TPSA) is 43.4 Å². The van der Waals surface area contributed by atoms with Crippen LogP contribution in [0.15, 0.2) is 66.7 Å². The van der Waals surface area contributed by atoms with Gasteiger partial charge in [0.25, 0.3) is 0 Å². The van der Waals surface area contributed by atoms with Crippen LogP contribution in [0, 0.1) is 0 Å². The minimum absolute atomic E-state index is 0.366. The Kier molecular flexibility index (Phi) is 4.43. The first kappa shape index (κ1) is 17.3. The molecule has 130 valence electrons. The summed E-state index contributed by atoms with van der Waals surface area (Å²) in [7, 11) is -5.68. The van der Waals surface area contributed by atoms with Crippen molar-refractivity contribution in [3.05, 3.63) is 77.9 Å². The summed E-state index contributed by atoms with van der Waals surface area (Å²) in [5.74, 6) is -0.366. The molecule has 0 fully saturated rings. The van der Waals surface area contributed by atoms with E-state index in [9.17, 15) is 21.6 Å². The molecule has 3 rings (SSSR count). The van der Waals surface area contributed by atoms with Gasteiger partial charge in [-0.1, -0.05) is 54.6 Å². The highest BCUT2D eigenvalue weighted by Gasteiger charge is 2.48. The largest absolute Gasteiger partial charge is 0.534 e. The predicted octanol–water partition coefficient (Wildman–Crippen LogP) is 4.66. The zero-order valence-corrected chi connectivity index (χ0v) is 13.6. The lowest BCUT2D eigenvalue weighted by atomic mass is 9.98. The summed E-state index contributed by atoms with van der Waals surface area (Å²) < 4.78 is 63.7. The van der Waals surface area contributed by atoms with Gasteiger partial charge in [0.15, 0.2) is 0 Å². The number of rotatable bonds is 4. The van der Waals surface area contributed by atoms with Gasteiger partial charge in [-0.2, -0.15) is 21.6 Å². The first-order chi connectivity index (χ1) is 11.8. The van der Waals surface area contributed by atoms with E-state index in [-0.39, 0.29) is 5.75 Å². The highest BCUT2D eigenvalue weighted by molar-refractivity contribution is 7.88. The van der Waals surface area contributed by atoms with Gasteiger partial charge in [0.2, 0.25) is 0 Å². The summed E-state index contributed by atoms with van der Waals surface area (Å²) in [4.78, 5) is 0. The van der Waals surface area contributed by atoms with Crippen molar-refractivity contribution in [2.24, 2.45) is 0 Å². The zero-order valence-electron chi connectivity index (χ0n) is 12.8. The van der Waals surface area contributed by atoms with Crippen LogP contribution in [0.5, 0.6) is 5.75 Å². The molecule has 0 aliphatic heterocycles. The van der Waals surface area contributed by atoms with Crippen LogP contribution in [0.1, 0.15) is 11.1 Å². The van der Waals surface area contributed by atoms with E-state index in [1.54, 1.807) is 6.07 Å². The van der Waals surface area contributed by atoms with Crippen molar-refractivity contribution in [1.82, 2.24) is 0 Å². The van der Waals surface area contributed by atoms with Gasteiger partial charge in [-0.25, -0.2) is 0 Å². The van der Waals surface area contributed by atoms with E-state index in [2.05, 4.69) is 4.18 Å². The van der Waals surface area contributed by atoms with Gasteiger partial charge in [0, 0.05) is 0 Å². The van der Waals surface area contributed by atoms with Crippen LogP contribution >= 0.6 is 0 Å². The number of alkyl halides is 3. The van der Waals surface area contributed by atoms with Crippen molar-refractivity contribution in [3.8, 4) is 5.75 Å². The van der Waals surface area contributed by atoms with Crippen LogP contribution in [-0.4, -0.2) is 13.9 Å². The summed E-state index contributed by atoms with van der Waals surface area (Å²) in [5.41, 5.74) is -3.83. The van der Waals surface area contributed by atoms with Gasteiger partial charge < -0.3 is 4.18 Å². The molecule has 3 aromatic rings. The molecule has 0 atom stereocenters.